The van der Waals surface area contributed by atoms with E-state index in [2.05, 4.69) is 16.1 Å². The molecule has 1 aromatic carbocycles. The number of aromatic hydroxyl groups is 1. The van der Waals surface area contributed by atoms with Crippen LogP contribution < -0.4 is 4.90 Å². The van der Waals surface area contributed by atoms with Crippen LogP contribution in [0, 0.1) is 0 Å². The maximum Gasteiger partial charge on any atom is 0.235 e. The highest BCUT2D eigenvalue weighted by Gasteiger charge is 2.35. The summed E-state index contributed by atoms with van der Waals surface area (Å²) < 4.78 is 6.88. The average Bonchev–Trinajstić information content (AvgIpc) is 3.43. The molecule has 28 heavy (non-hydrogen) atoms. The first kappa shape index (κ1) is 17.7. The SMILES string of the molecule is Oc1c([C@@H](c2ccccc2Cl)[NH+]2CCCCC2)sc2nc(-c3ccco3)nn12. The van der Waals surface area contributed by atoms with Crippen LogP contribution in [0.15, 0.2) is 47.1 Å². The molecule has 6 nitrogen and oxygen atoms in total. The third-order valence-corrected chi connectivity index (χ3v) is 6.75. The Morgan fingerprint density at radius 2 is 1.96 bits per heavy atom. The highest BCUT2D eigenvalue weighted by atomic mass is 35.5. The molecule has 8 heteroatoms. The number of aromatic nitrogens is 3. The monoisotopic (exact) mass is 415 g/mol. The van der Waals surface area contributed by atoms with Crippen LogP contribution in [0.2, 0.25) is 5.02 Å². The molecule has 0 radical (unpaired) electrons. The van der Waals surface area contributed by atoms with Gasteiger partial charge in [-0.05, 0) is 37.5 Å². The molecule has 1 aliphatic rings. The minimum Gasteiger partial charge on any atom is -0.492 e. The Kier molecular flexibility index (Phi) is 4.58. The Hall–Kier alpha value is -2.35. The van der Waals surface area contributed by atoms with Gasteiger partial charge in [-0.25, -0.2) is 0 Å². The topological polar surface area (TPSA) is 68.0 Å². The van der Waals surface area contributed by atoms with Crippen LogP contribution in [0.25, 0.3) is 16.5 Å². The average molecular weight is 416 g/mol. The second-order valence-electron chi connectivity index (χ2n) is 7.07. The fourth-order valence-electron chi connectivity index (χ4n) is 4.00. The lowest BCUT2D eigenvalue weighted by Gasteiger charge is -2.31. The van der Waals surface area contributed by atoms with Crippen LogP contribution in [0.5, 0.6) is 5.88 Å². The lowest BCUT2D eigenvalue weighted by Crippen LogP contribution is -3.13. The number of nitrogens with one attached hydrogen (secondary N) is 1. The maximum atomic E-state index is 11.0. The van der Waals surface area contributed by atoms with Crippen molar-refractivity contribution < 1.29 is 14.4 Å². The predicted octanol–water partition coefficient (Wildman–Crippen LogP) is 3.57. The summed E-state index contributed by atoms with van der Waals surface area (Å²) in [6.07, 6.45) is 5.20. The Morgan fingerprint density at radius 3 is 2.68 bits per heavy atom. The minimum absolute atomic E-state index is 0.0328. The van der Waals surface area contributed by atoms with Gasteiger partial charge in [0.15, 0.2) is 11.8 Å². The number of halogens is 1. The van der Waals surface area contributed by atoms with Gasteiger partial charge < -0.3 is 14.4 Å². The molecule has 3 aromatic heterocycles. The molecule has 1 fully saturated rings. The van der Waals surface area contributed by atoms with Crippen LogP contribution in [0.1, 0.15) is 35.7 Å². The second kappa shape index (κ2) is 7.24. The summed E-state index contributed by atoms with van der Waals surface area (Å²) in [5, 5.41) is 16.2. The van der Waals surface area contributed by atoms with Crippen LogP contribution in [0.4, 0.5) is 0 Å². The summed E-state index contributed by atoms with van der Waals surface area (Å²) in [7, 11) is 0. The molecule has 1 aliphatic heterocycles. The van der Waals surface area contributed by atoms with E-state index in [9.17, 15) is 5.11 Å². The summed E-state index contributed by atoms with van der Waals surface area (Å²) in [6.45, 7) is 2.11. The van der Waals surface area contributed by atoms with Crippen molar-refractivity contribution in [3.05, 3.63) is 58.1 Å². The van der Waals surface area contributed by atoms with Crippen LogP contribution in [-0.2, 0) is 0 Å². The van der Waals surface area contributed by atoms with Gasteiger partial charge in [-0.2, -0.15) is 9.50 Å². The highest BCUT2D eigenvalue weighted by molar-refractivity contribution is 7.17. The predicted molar refractivity (Wildman–Crippen MR) is 108 cm³/mol. The number of nitrogens with zero attached hydrogens (tertiary/aromatic N) is 3. The highest BCUT2D eigenvalue weighted by Crippen LogP contribution is 2.38. The van der Waals surface area contributed by atoms with Crippen molar-refractivity contribution in [3.8, 4) is 17.5 Å². The van der Waals surface area contributed by atoms with E-state index in [0.29, 0.717) is 16.5 Å². The van der Waals surface area contributed by atoms with E-state index < -0.39 is 0 Å². The minimum atomic E-state index is -0.0328. The smallest absolute Gasteiger partial charge is 0.235 e. The third-order valence-electron chi connectivity index (χ3n) is 5.32. The molecule has 0 bridgehead atoms. The number of thiazole rings is 1. The van der Waals surface area contributed by atoms with Gasteiger partial charge in [0.2, 0.25) is 16.7 Å². The molecule has 4 aromatic rings. The molecule has 1 saturated heterocycles. The molecule has 144 valence electrons. The molecule has 4 heterocycles. The number of quaternary nitrogens is 1. The van der Waals surface area contributed by atoms with Gasteiger partial charge in [0.05, 0.1) is 24.4 Å². The molecular formula is C20H20ClN4O2S+. The number of fused-ring (bicyclic) bond motifs is 1. The summed E-state index contributed by atoms with van der Waals surface area (Å²) in [5.41, 5.74) is 1.03. The van der Waals surface area contributed by atoms with Crippen LogP contribution in [-0.4, -0.2) is 32.8 Å². The summed E-state index contributed by atoms with van der Waals surface area (Å²) in [6, 6.07) is 11.5. The molecule has 5 rings (SSSR count). The fraction of sp³-hybridized carbons (Fsp3) is 0.300. The fourth-order valence-corrected chi connectivity index (χ4v) is 5.38. The van der Waals surface area contributed by atoms with E-state index in [4.69, 9.17) is 16.0 Å². The van der Waals surface area contributed by atoms with Crippen LogP contribution in [0.3, 0.4) is 0 Å². The van der Waals surface area contributed by atoms with Gasteiger partial charge in [-0.3, -0.25) is 0 Å². The number of hydrogen-bond acceptors (Lipinski definition) is 5. The first-order valence-corrected chi connectivity index (χ1v) is 10.6. The van der Waals surface area contributed by atoms with Crippen molar-refractivity contribution in [3.63, 3.8) is 0 Å². The van der Waals surface area contributed by atoms with Gasteiger partial charge in [0.1, 0.15) is 4.88 Å². The quantitative estimate of drug-likeness (QED) is 0.534. The van der Waals surface area contributed by atoms with Gasteiger partial charge in [0.25, 0.3) is 0 Å². The van der Waals surface area contributed by atoms with Crippen molar-refractivity contribution in [2.45, 2.75) is 25.3 Å². The largest absolute Gasteiger partial charge is 0.492 e. The van der Waals surface area contributed by atoms with E-state index in [1.165, 1.54) is 40.0 Å². The molecule has 0 saturated carbocycles. The second-order valence-corrected chi connectivity index (χ2v) is 8.49. The number of piperidine rings is 1. The van der Waals surface area contributed by atoms with E-state index in [1.807, 2.05) is 24.3 Å². The van der Waals surface area contributed by atoms with Crippen molar-refractivity contribution in [1.29, 1.82) is 0 Å². The van der Waals surface area contributed by atoms with Gasteiger partial charge >= 0.3 is 0 Å². The molecule has 0 spiro atoms. The molecule has 0 aliphatic carbocycles. The first-order chi connectivity index (χ1) is 13.7. The standard InChI is InChI=1S/C20H19ClN4O2S/c21-14-8-3-2-7-13(14)16(24-10-4-1-5-11-24)17-19(26)25-20(28-17)22-18(23-25)15-9-6-12-27-15/h2-3,6-9,12,16,26H,1,4-5,10-11H2/p+1/t16-/m1/s1. The Labute approximate surface area is 171 Å². The van der Waals surface area contributed by atoms with E-state index in [-0.39, 0.29) is 11.9 Å². The lowest BCUT2D eigenvalue weighted by atomic mass is 10.0. The van der Waals surface area contributed by atoms with Crippen molar-refractivity contribution in [2.24, 2.45) is 0 Å². The zero-order chi connectivity index (χ0) is 19.1. The van der Waals surface area contributed by atoms with Gasteiger partial charge in [0, 0.05) is 5.56 Å². The molecule has 0 amide bonds. The summed E-state index contributed by atoms with van der Waals surface area (Å²) in [4.78, 5) is 7.47. The zero-order valence-electron chi connectivity index (χ0n) is 15.1. The van der Waals surface area contributed by atoms with Crippen molar-refractivity contribution in [1.82, 2.24) is 14.6 Å². The normalized spacial score (nSPS) is 16.6. The van der Waals surface area contributed by atoms with E-state index in [1.54, 1.807) is 12.3 Å². The van der Waals surface area contributed by atoms with Gasteiger partial charge in [-0.1, -0.05) is 41.1 Å². The molecule has 2 N–H and O–H groups in total. The summed E-state index contributed by atoms with van der Waals surface area (Å²) in [5.74, 6) is 1.19. The summed E-state index contributed by atoms with van der Waals surface area (Å²) >= 11 is 8.03. The number of rotatable bonds is 4. The molecule has 1 atom stereocenters. The lowest BCUT2D eigenvalue weighted by molar-refractivity contribution is -0.929. The van der Waals surface area contributed by atoms with Crippen molar-refractivity contribution in [2.75, 3.05) is 13.1 Å². The van der Waals surface area contributed by atoms with E-state index in [0.717, 1.165) is 28.6 Å². The Balaban J connectivity index is 1.62. The van der Waals surface area contributed by atoms with Crippen LogP contribution >= 0.6 is 22.9 Å². The molecule has 0 unspecified atom stereocenters. The third kappa shape index (κ3) is 2.99. The maximum absolute atomic E-state index is 11.0. The number of benzene rings is 1. The van der Waals surface area contributed by atoms with E-state index >= 15 is 0 Å². The Morgan fingerprint density at radius 1 is 1.14 bits per heavy atom. The molecular weight excluding hydrogens is 396 g/mol. The van der Waals surface area contributed by atoms with Gasteiger partial charge in [-0.15, -0.1) is 5.10 Å². The number of likely N-dealkylation sites (tertiary alicyclic amines) is 1. The first-order valence-electron chi connectivity index (χ1n) is 9.43. The number of furan rings is 1. The number of hydrogen-bond donors (Lipinski definition) is 2. The Bertz CT molecular complexity index is 1100. The zero-order valence-corrected chi connectivity index (χ0v) is 16.7. The van der Waals surface area contributed by atoms with Crippen molar-refractivity contribution >= 4 is 27.9 Å².